The molecular weight excluding hydrogens is 256 g/mol. The number of rotatable bonds is 4. The summed E-state index contributed by atoms with van der Waals surface area (Å²) >= 11 is 1.65. The maximum absolute atomic E-state index is 11.3. The molecule has 1 aromatic heterocycles. The van der Waals surface area contributed by atoms with Crippen LogP contribution in [0, 0.1) is 0 Å². The van der Waals surface area contributed by atoms with Crippen molar-refractivity contribution in [2.75, 3.05) is 11.5 Å². The second kappa shape index (κ2) is 5.46. The van der Waals surface area contributed by atoms with Crippen molar-refractivity contribution in [3.8, 4) is 0 Å². The minimum atomic E-state index is -2.77. The van der Waals surface area contributed by atoms with Gasteiger partial charge < -0.3 is 5.32 Å². The fraction of sp³-hybridized carbons (Fsp3) is 0.727. The molecule has 1 atom stereocenters. The largest absolute Gasteiger partial charge is 0.305 e. The van der Waals surface area contributed by atoms with Crippen LogP contribution in [0.1, 0.15) is 37.2 Å². The van der Waals surface area contributed by atoms with E-state index >= 15 is 0 Å². The van der Waals surface area contributed by atoms with Crippen molar-refractivity contribution < 1.29 is 8.42 Å². The van der Waals surface area contributed by atoms with Crippen molar-refractivity contribution in [3.63, 3.8) is 0 Å². The minimum absolute atomic E-state index is 0.265. The zero-order valence-corrected chi connectivity index (χ0v) is 11.6. The van der Waals surface area contributed by atoms with E-state index in [0.29, 0.717) is 17.5 Å². The molecule has 2 rings (SSSR count). The molecule has 0 aliphatic carbocycles. The third-order valence-electron chi connectivity index (χ3n) is 3.15. The van der Waals surface area contributed by atoms with Crippen molar-refractivity contribution >= 4 is 21.2 Å². The Labute approximate surface area is 106 Å². The van der Waals surface area contributed by atoms with Gasteiger partial charge in [0.05, 0.1) is 17.5 Å². The molecule has 0 aromatic carbocycles. The summed E-state index contributed by atoms with van der Waals surface area (Å²) in [5.74, 6) is 0.637. The smallest absolute Gasteiger partial charge is 0.150 e. The number of nitrogens with one attached hydrogen (secondary N) is 1. The molecule has 4 nitrogen and oxygen atoms in total. The predicted molar refractivity (Wildman–Crippen MR) is 70.0 cm³/mol. The molecule has 0 spiro atoms. The van der Waals surface area contributed by atoms with Crippen molar-refractivity contribution in [3.05, 3.63) is 16.6 Å². The van der Waals surface area contributed by atoms with E-state index in [1.54, 1.807) is 11.3 Å². The normalized spacial score (nSPS) is 22.4. The van der Waals surface area contributed by atoms with Crippen LogP contribution in [0.15, 0.2) is 11.6 Å². The lowest BCUT2D eigenvalue weighted by Gasteiger charge is -2.27. The second-order valence-corrected chi connectivity index (χ2v) is 7.65. The van der Waals surface area contributed by atoms with E-state index in [9.17, 15) is 8.42 Å². The van der Waals surface area contributed by atoms with E-state index in [4.69, 9.17) is 0 Å². The average Bonchev–Trinajstić information content (AvgIpc) is 2.81. The zero-order chi connectivity index (χ0) is 12.3. The van der Waals surface area contributed by atoms with Gasteiger partial charge in [-0.2, -0.15) is 0 Å². The first-order valence-corrected chi connectivity index (χ1v) is 8.66. The average molecular weight is 274 g/mol. The number of aromatic nitrogens is 1. The molecule has 1 aliphatic rings. The van der Waals surface area contributed by atoms with Crippen molar-refractivity contribution in [2.24, 2.45) is 0 Å². The summed E-state index contributed by atoms with van der Waals surface area (Å²) in [6.07, 6.45) is 4.25. The van der Waals surface area contributed by atoms with Gasteiger partial charge in [-0.25, -0.2) is 13.4 Å². The molecule has 17 heavy (non-hydrogen) atoms. The van der Waals surface area contributed by atoms with Gasteiger partial charge in [0.15, 0.2) is 0 Å². The molecule has 0 saturated carbocycles. The maximum atomic E-state index is 11.3. The topological polar surface area (TPSA) is 59.1 Å². The Bertz CT molecular complexity index is 428. The Kier molecular flexibility index (Phi) is 4.17. The highest BCUT2D eigenvalue weighted by Gasteiger charge is 2.25. The molecule has 1 N–H and O–H groups in total. The van der Waals surface area contributed by atoms with Crippen LogP contribution in [-0.2, 0) is 9.84 Å². The molecule has 0 bridgehead atoms. The van der Waals surface area contributed by atoms with Gasteiger partial charge in [0.25, 0.3) is 0 Å². The molecule has 1 aliphatic heterocycles. The number of hydrogen-bond acceptors (Lipinski definition) is 5. The Morgan fingerprint density at radius 3 is 2.76 bits per heavy atom. The van der Waals surface area contributed by atoms with Gasteiger partial charge in [0.1, 0.15) is 14.8 Å². The Morgan fingerprint density at radius 2 is 2.24 bits per heavy atom. The van der Waals surface area contributed by atoms with Crippen molar-refractivity contribution in [1.29, 1.82) is 0 Å². The first-order chi connectivity index (χ1) is 8.11. The van der Waals surface area contributed by atoms with Gasteiger partial charge in [-0.3, -0.25) is 0 Å². The first kappa shape index (κ1) is 13.0. The highest BCUT2D eigenvalue weighted by Crippen LogP contribution is 2.22. The fourth-order valence-corrected chi connectivity index (χ4v) is 4.38. The lowest BCUT2D eigenvalue weighted by atomic mass is 10.1. The fourth-order valence-electron chi connectivity index (χ4n) is 2.11. The summed E-state index contributed by atoms with van der Waals surface area (Å²) < 4.78 is 22.7. The molecule has 0 amide bonds. The third kappa shape index (κ3) is 3.50. The van der Waals surface area contributed by atoms with Crippen LogP contribution in [-0.4, -0.2) is 30.9 Å². The van der Waals surface area contributed by atoms with Crippen LogP contribution in [0.3, 0.4) is 0 Å². The number of hydrogen-bond donors (Lipinski definition) is 1. The van der Waals surface area contributed by atoms with Gasteiger partial charge in [-0.1, -0.05) is 6.92 Å². The van der Waals surface area contributed by atoms with E-state index < -0.39 is 9.84 Å². The summed E-state index contributed by atoms with van der Waals surface area (Å²) in [6.45, 7) is 2.12. The highest BCUT2D eigenvalue weighted by molar-refractivity contribution is 7.91. The molecule has 1 aromatic rings. The first-order valence-electron chi connectivity index (χ1n) is 5.96. The summed E-state index contributed by atoms with van der Waals surface area (Å²) in [7, 11) is -2.77. The molecule has 96 valence electrons. The van der Waals surface area contributed by atoms with E-state index in [2.05, 4.69) is 17.2 Å². The van der Waals surface area contributed by atoms with Gasteiger partial charge in [-0.05, 0) is 19.3 Å². The van der Waals surface area contributed by atoms with Gasteiger partial charge >= 0.3 is 0 Å². The van der Waals surface area contributed by atoms with Crippen LogP contribution in [0.2, 0.25) is 0 Å². The van der Waals surface area contributed by atoms with Crippen molar-refractivity contribution in [1.82, 2.24) is 10.3 Å². The van der Waals surface area contributed by atoms with E-state index in [0.717, 1.165) is 24.3 Å². The van der Waals surface area contributed by atoms with Crippen LogP contribution >= 0.6 is 11.3 Å². The van der Waals surface area contributed by atoms with Crippen LogP contribution in [0.4, 0.5) is 0 Å². The van der Waals surface area contributed by atoms with E-state index in [1.165, 1.54) is 0 Å². The van der Waals surface area contributed by atoms with E-state index in [-0.39, 0.29) is 6.04 Å². The van der Waals surface area contributed by atoms with Crippen LogP contribution < -0.4 is 5.32 Å². The standard InChI is InChI=1S/C11H18N2O2S2/c1-2-10(11-12-5-6-16-11)13-9-3-7-17(14,15)8-4-9/h5-6,9-10,13H,2-4,7-8H2,1H3. The Morgan fingerprint density at radius 1 is 1.53 bits per heavy atom. The third-order valence-corrected chi connectivity index (χ3v) is 5.75. The minimum Gasteiger partial charge on any atom is -0.305 e. The SMILES string of the molecule is CCC(NC1CCS(=O)(=O)CC1)c1nccs1. The molecule has 1 saturated heterocycles. The van der Waals surface area contributed by atoms with Crippen LogP contribution in [0.5, 0.6) is 0 Å². The molecule has 0 radical (unpaired) electrons. The summed E-state index contributed by atoms with van der Waals surface area (Å²) in [6, 6.07) is 0.577. The number of thiazole rings is 1. The lowest BCUT2D eigenvalue weighted by molar-refractivity contribution is 0.397. The van der Waals surface area contributed by atoms with Gasteiger partial charge in [-0.15, -0.1) is 11.3 Å². The molecule has 6 heteroatoms. The summed E-state index contributed by atoms with van der Waals surface area (Å²) in [5, 5.41) is 6.60. The maximum Gasteiger partial charge on any atom is 0.150 e. The second-order valence-electron chi connectivity index (χ2n) is 4.42. The molecular formula is C11H18N2O2S2. The molecule has 1 fully saturated rings. The molecule has 1 unspecified atom stereocenters. The monoisotopic (exact) mass is 274 g/mol. The van der Waals surface area contributed by atoms with Crippen LogP contribution in [0.25, 0.3) is 0 Å². The lowest BCUT2D eigenvalue weighted by Crippen LogP contribution is -2.39. The van der Waals surface area contributed by atoms with Crippen molar-refractivity contribution in [2.45, 2.75) is 38.3 Å². The van der Waals surface area contributed by atoms with Gasteiger partial charge in [0.2, 0.25) is 0 Å². The Hall–Kier alpha value is -0.460. The quantitative estimate of drug-likeness (QED) is 0.909. The number of sulfone groups is 1. The summed E-state index contributed by atoms with van der Waals surface area (Å²) in [4.78, 5) is 4.32. The summed E-state index contributed by atoms with van der Waals surface area (Å²) in [5.41, 5.74) is 0. The number of nitrogens with zero attached hydrogens (tertiary/aromatic N) is 1. The highest BCUT2D eigenvalue weighted by atomic mass is 32.2. The Balaban J connectivity index is 1.92. The molecule has 2 heterocycles. The predicted octanol–water partition coefficient (Wildman–Crippen LogP) is 1.76. The van der Waals surface area contributed by atoms with E-state index in [1.807, 2.05) is 11.6 Å². The van der Waals surface area contributed by atoms with Gasteiger partial charge in [0, 0.05) is 17.6 Å². The zero-order valence-electron chi connectivity index (χ0n) is 9.93.